The molecule has 2 rings (SSSR count). The maximum atomic E-state index is 13.9. The lowest BCUT2D eigenvalue weighted by Crippen LogP contribution is -2.30. The number of halogens is 4. The van der Waals surface area contributed by atoms with Crippen molar-refractivity contribution in [3.63, 3.8) is 0 Å². The molecule has 128 valence electrons. The van der Waals surface area contributed by atoms with Crippen LogP contribution < -0.4 is 16.0 Å². The molecule has 0 bridgehead atoms. The van der Waals surface area contributed by atoms with Crippen LogP contribution in [-0.2, 0) is 10.0 Å². The molecule has 0 saturated carbocycles. The molecular formula is C13H9Cl2F2N3O3S. The van der Waals surface area contributed by atoms with E-state index < -0.39 is 43.0 Å². The summed E-state index contributed by atoms with van der Waals surface area (Å²) < 4.78 is 49.8. The highest BCUT2D eigenvalue weighted by Crippen LogP contribution is 2.23. The molecule has 0 aromatic heterocycles. The second kappa shape index (κ2) is 6.89. The summed E-state index contributed by atoms with van der Waals surface area (Å²) in [5, 5.41) is 4.22. The Labute approximate surface area is 145 Å². The molecule has 0 aliphatic rings. The minimum absolute atomic E-state index is 0.120. The molecule has 4 N–H and O–H groups in total. The fraction of sp³-hybridized carbons (Fsp3) is 0. The van der Waals surface area contributed by atoms with E-state index in [1.165, 1.54) is 12.1 Å². The van der Waals surface area contributed by atoms with E-state index in [1.807, 2.05) is 0 Å². The number of carbonyl (C=O) groups excluding carboxylic acids is 1. The van der Waals surface area contributed by atoms with Gasteiger partial charge in [0.1, 0.15) is 5.82 Å². The molecule has 0 aliphatic heterocycles. The van der Waals surface area contributed by atoms with Crippen LogP contribution in [0, 0.1) is 11.6 Å². The van der Waals surface area contributed by atoms with Crippen LogP contribution in [0.1, 0.15) is 10.4 Å². The molecule has 24 heavy (non-hydrogen) atoms. The number of benzene rings is 2. The standard InChI is InChI=1S/C13H9Cl2F2N3O3S/c14-9-2-1-6(3-11(9)16)19-20-13(21)8-4-7(24(18,22)23)5-10(15)12(8)17/h1-5,19H,(H,20,21)(H2,18,22,23). The first-order valence-electron chi connectivity index (χ1n) is 6.13. The number of nitrogens with one attached hydrogen (secondary N) is 2. The van der Waals surface area contributed by atoms with Crippen molar-refractivity contribution in [2.24, 2.45) is 5.14 Å². The van der Waals surface area contributed by atoms with Crippen molar-refractivity contribution < 1.29 is 22.0 Å². The van der Waals surface area contributed by atoms with E-state index in [0.29, 0.717) is 0 Å². The van der Waals surface area contributed by atoms with Crippen molar-refractivity contribution in [3.8, 4) is 0 Å². The zero-order valence-electron chi connectivity index (χ0n) is 11.6. The fourth-order valence-corrected chi connectivity index (χ4v) is 2.63. The Balaban J connectivity index is 2.26. The van der Waals surface area contributed by atoms with Crippen LogP contribution >= 0.6 is 23.2 Å². The summed E-state index contributed by atoms with van der Waals surface area (Å²) >= 11 is 11.1. The van der Waals surface area contributed by atoms with Gasteiger partial charge in [-0.2, -0.15) is 0 Å². The van der Waals surface area contributed by atoms with Crippen molar-refractivity contribution in [2.45, 2.75) is 4.90 Å². The molecular weight excluding hydrogens is 387 g/mol. The fourth-order valence-electron chi connectivity index (χ4n) is 1.66. The maximum Gasteiger partial charge on any atom is 0.272 e. The number of carbonyl (C=O) groups is 1. The van der Waals surface area contributed by atoms with E-state index in [9.17, 15) is 22.0 Å². The number of primary sulfonamides is 1. The SMILES string of the molecule is NS(=O)(=O)c1cc(Cl)c(F)c(C(=O)NNc2ccc(Cl)c(F)c2)c1. The third-order valence-corrected chi connectivity index (χ3v) is 4.29. The molecule has 1 amide bonds. The van der Waals surface area contributed by atoms with E-state index in [-0.39, 0.29) is 10.7 Å². The summed E-state index contributed by atoms with van der Waals surface area (Å²) in [6.45, 7) is 0. The van der Waals surface area contributed by atoms with Crippen molar-refractivity contribution >= 4 is 44.8 Å². The van der Waals surface area contributed by atoms with Crippen LogP contribution in [0.3, 0.4) is 0 Å². The van der Waals surface area contributed by atoms with Gasteiger partial charge >= 0.3 is 0 Å². The maximum absolute atomic E-state index is 13.9. The summed E-state index contributed by atoms with van der Waals surface area (Å²) in [6.07, 6.45) is 0. The van der Waals surface area contributed by atoms with Gasteiger partial charge in [0.05, 0.1) is 26.2 Å². The lowest BCUT2D eigenvalue weighted by Gasteiger charge is -2.11. The lowest BCUT2D eigenvalue weighted by atomic mass is 10.2. The highest BCUT2D eigenvalue weighted by atomic mass is 35.5. The Kier molecular flexibility index (Phi) is 5.29. The Bertz CT molecular complexity index is 923. The van der Waals surface area contributed by atoms with Gasteiger partial charge < -0.3 is 0 Å². The summed E-state index contributed by atoms with van der Waals surface area (Å²) in [7, 11) is -4.19. The number of anilines is 1. The predicted molar refractivity (Wildman–Crippen MR) is 85.3 cm³/mol. The van der Waals surface area contributed by atoms with Gasteiger partial charge in [0.15, 0.2) is 5.82 Å². The molecule has 0 atom stereocenters. The number of nitrogens with two attached hydrogens (primary N) is 1. The minimum atomic E-state index is -4.19. The first-order chi connectivity index (χ1) is 11.1. The molecule has 2 aromatic carbocycles. The van der Waals surface area contributed by atoms with Crippen molar-refractivity contribution in [3.05, 3.63) is 57.6 Å². The van der Waals surface area contributed by atoms with E-state index in [0.717, 1.165) is 18.2 Å². The van der Waals surface area contributed by atoms with Gasteiger partial charge in [-0.1, -0.05) is 23.2 Å². The van der Waals surface area contributed by atoms with Gasteiger partial charge in [0.25, 0.3) is 5.91 Å². The molecule has 0 heterocycles. The molecule has 2 aromatic rings. The topological polar surface area (TPSA) is 101 Å². The van der Waals surface area contributed by atoms with E-state index in [2.05, 4.69) is 10.9 Å². The highest BCUT2D eigenvalue weighted by molar-refractivity contribution is 7.89. The monoisotopic (exact) mass is 395 g/mol. The molecule has 0 unspecified atom stereocenters. The zero-order valence-corrected chi connectivity index (χ0v) is 13.9. The minimum Gasteiger partial charge on any atom is -0.298 e. The van der Waals surface area contributed by atoms with Gasteiger partial charge in [-0.05, 0) is 24.3 Å². The number of rotatable bonds is 4. The average molecular weight is 396 g/mol. The van der Waals surface area contributed by atoms with Gasteiger partial charge in [-0.15, -0.1) is 0 Å². The van der Waals surface area contributed by atoms with Gasteiger partial charge in [0, 0.05) is 6.07 Å². The van der Waals surface area contributed by atoms with E-state index >= 15 is 0 Å². The largest absolute Gasteiger partial charge is 0.298 e. The summed E-state index contributed by atoms with van der Waals surface area (Å²) in [5.74, 6) is -2.91. The highest BCUT2D eigenvalue weighted by Gasteiger charge is 2.20. The third-order valence-electron chi connectivity index (χ3n) is 2.81. The first-order valence-corrected chi connectivity index (χ1v) is 8.43. The average Bonchev–Trinajstić information content (AvgIpc) is 2.49. The second-order valence-electron chi connectivity index (χ2n) is 4.52. The van der Waals surface area contributed by atoms with E-state index in [4.69, 9.17) is 28.3 Å². The van der Waals surface area contributed by atoms with Crippen LogP contribution in [0.25, 0.3) is 0 Å². The van der Waals surface area contributed by atoms with Crippen molar-refractivity contribution in [2.75, 3.05) is 5.43 Å². The Morgan fingerprint density at radius 1 is 1.08 bits per heavy atom. The quantitative estimate of drug-likeness (QED) is 0.692. The van der Waals surface area contributed by atoms with Crippen LogP contribution in [0.2, 0.25) is 10.0 Å². The second-order valence-corrected chi connectivity index (χ2v) is 6.90. The third kappa shape index (κ3) is 4.12. The van der Waals surface area contributed by atoms with Crippen LogP contribution in [-0.4, -0.2) is 14.3 Å². The summed E-state index contributed by atoms with van der Waals surface area (Å²) in [6, 6.07) is 5.11. The van der Waals surface area contributed by atoms with Gasteiger partial charge in [-0.3, -0.25) is 15.6 Å². The number of amides is 1. The molecule has 0 spiro atoms. The summed E-state index contributed by atoms with van der Waals surface area (Å²) in [5.41, 5.74) is 3.87. The smallest absolute Gasteiger partial charge is 0.272 e. The number of hydrogen-bond acceptors (Lipinski definition) is 4. The molecule has 0 aliphatic carbocycles. The van der Waals surface area contributed by atoms with Crippen LogP contribution in [0.15, 0.2) is 35.2 Å². The van der Waals surface area contributed by atoms with Crippen molar-refractivity contribution in [1.82, 2.24) is 5.43 Å². The predicted octanol–water partition coefficient (Wildman–Crippen LogP) is 2.68. The number of hydrazine groups is 1. The molecule has 0 saturated heterocycles. The molecule has 0 fully saturated rings. The van der Waals surface area contributed by atoms with Crippen molar-refractivity contribution in [1.29, 1.82) is 0 Å². The molecule has 6 nitrogen and oxygen atoms in total. The van der Waals surface area contributed by atoms with Gasteiger partial charge in [-0.25, -0.2) is 22.3 Å². The number of hydrogen-bond donors (Lipinski definition) is 3. The normalized spacial score (nSPS) is 11.2. The Morgan fingerprint density at radius 3 is 2.33 bits per heavy atom. The zero-order chi connectivity index (χ0) is 18.1. The Hall–Kier alpha value is -1.94. The lowest BCUT2D eigenvalue weighted by molar-refractivity contribution is 0.0958. The molecule has 11 heteroatoms. The molecule has 0 radical (unpaired) electrons. The Morgan fingerprint density at radius 2 is 1.75 bits per heavy atom. The van der Waals surface area contributed by atoms with Gasteiger partial charge in [0.2, 0.25) is 10.0 Å². The summed E-state index contributed by atoms with van der Waals surface area (Å²) in [4.78, 5) is 11.5. The van der Waals surface area contributed by atoms with E-state index in [1.54, 1.807) is 0 Å². The van der Waals surface area contributed by atoms with Crippen LogP contribution in [0.4, 0.5) is 14.5 Å². The first kappa shape index (κ1) is 18.4. The number of sulfonamides is 1. The van der Waals surface area contributed by atoms with Crippen LogP contribution in [0.5, 0.6) is 0 Å².